The Bertz CT molecular complexity index is 1200. The molecule has 9 heteroatoms. The molecular weight excluding hydrogens is 828 g/mol. The van der Waals surface area contributed by atoms with Crippen LogP contribution in [0.1, 0.15) is 251 Å². The number of allylic oxidation sites excluding steroid dienone is 7. The standard InChI is InChI=1S/C56H107N2O6P/c1-6-8-10-12-14-16-18-20-22-24-25-26-27-28-29-30-31-32-33-34-35-37-39-41-43-45-47-49-55(59)54(53-64-65(61,62)63-52-51-58(3,4)5)57-56(60)50-48-46-44-42-40-38-36-23-21-19-17-15-13-11-9-7-2/h17,19,23,36,39,41,47,49,54-55,59H,6-16,18,20-22,24-35,37-38,40,42-46,48,50-53H2,1-5H3,(H-,57,60,61,62)/p+1/b19-17-,36-23-,41-39+,49-47+. The van der Waals surface area contributed by atoms with Crippen molar-refractivity contribution in [3.63, 3.8) is 0 Å². The Hall–Kier alpha value is -1.54. The van der Waals surface area contributed by atoms with E-state index in [-0.39, 0.29) is 19.1 Å². The molecule has 0 aliphatic carbocycles. The Morgan fingerprint density at radius 3 is 1.34 bits per heavy atom. The van der Waals surface area contributed by atoms with E-state index in [0.717, 1.165) is 64.2 Å². The number of nitrogens with zero attached hydrogens (tertiary/aromatic N) is 1. The van der Waals surface area contributed by atoms with E-state index in [0.29, 0.717) is 17.4 Å². The first-order valence-corrected chi connectivity index (χ1v) is 29.0. The molecule has 0 saturated heterocycles. The van der Waals surface area contributed by atoms with Gasteiger partial charge >= 0.3 is 7.82 Å². The smallest absolute Gasteiger partial charge is 0.387 e. The van der Waals surface area contributed by atoms with Crippen molar-refractivity contribution >= 4 is 13.7 Å². The highest BCUT2D eigenvalue weighted by molar-refractivity contribution is 7.47. The molecule has 0 radical (unpaired) electrons. The van der Waals surface area contributed by atoms with Gasteiger partial charge in [0.25, 0.3) is 0 Å². The summed E-state index contributed by atoms with van der Waals surface area (Å²) in [5.74, 6) is -0.200. The fourth-order valence-corrected chi connectivity index (χ4v) is 8.65. The maximum atomic E-state index is 12.9. The highest BCUT2D eigenvalue weighted by Gasteiger charge is 2.27. The lowest BCUT2D eigenvalue weighted by Crippen LogP contribution is -2.45. The van der Waals surface area contributed by atoms with E-state index in [2.05, 4.69) is 55.6 Å². The zero-order chi connectivity index (χ0) is 47.8. The molecule has 3 N–H and O–H groups in total. The van der Waals surface area contributed by atoms with Crippen molar-refractivity contribution in [2.45, 2.75) is 264 Å². The Labute approximate surface area is 403 Å². The third-order valence-electron chi connectivity index (χ3n) is 12.3. The van der Waals surface area contributed by atoms with Crippen LogP contribution in [0.2, 0.25) is 0 Å². The molecule has 0 aromatic carbocycles. The average Bonchev–Trinajstić information content (AvgIpc) is 3.26. The number of nitrogens with one attached hydrogen (secondary N) is 1. The predicted octanol–water partition coefficient (Wildman–Crippen LogP) is 16.4. The van der Waals surface area contributed by atoms with Crippen LogP contribution in [0.4, 0.5) is 0 Å². The third kappa shape index (κ3) is 50.2. The number of amides is 1. The minimum Gasteiger partial charge on any atom is -0.387 e. The molecule has 0 heterocycles. The highest BCUT2D eigenvalue weighted by Crippen LogP contribution is 2.43. The lowest BCUT2D eigenvalue weighted by molar-refractivity contribution is -0.870. The van der Waals surface area contributed by atoms with Gasteiger partial charge in [-0.3, -0.25) is 13.8 Å². The molecule has 0 rings (SSSR count). The summed E-state index contributed by atoms with van der Waals surface area (Å²) in [6.07, 6.45) is 62.2. The van der Waals surface area contributed by atoms with Gasteiger partial charge in [0.05, 0.1) is 39.9 Å². The number of unbranched alkanes of at least 4 members (excludes halogenated alkanes) is 31. The van der Waals surface area contributed by atoms with Gasteiger partial charge in [0, 0.05) is 6.42 Å². The summed E-state index contributed by atoms with van der Waals surface area (Å²) >= 11 is 0. The fraction of sp³-hybridized carbons (Fsp3) is 0.839. The van der Waals surface area contributed by atoms with Crippen LogP contribution in [0.25, 0.3) is 0 Å². The van der Waals surface area contributed by atoms with Crippen molar-refractivity contribution in [2.75, 3.05) is 40.9 Å². The number of phosphoric ester groups is 1. The van der Waals surface area contributed by atoms with Crippen LogP contribution in [0.3, 0.4) is 0 Å². The van der Waals surface area contributed by atoms with Crippen molar-refractivity contribution in [3.05, 3.63) is 48.6 Å². The monoisotopic (exact) mass is 936 g/mol. The molecule has 0 bridgehead atoms. The first-order valence-electron chi connectivity index (χ1n) is 27.5. The van der Waals surface area contributed by atoms with E-state index < -0.39 is 20.0 Å². The number of hydrogen-bond acceptors (Lipinski definition) is 5. The van der Waals surface area contributed by atoms with Crippen molar-refractivity contribution in [1.82, 2.24) is 5.32 Å². The van der Waals surface area contributed by atoms with Crippen LogP contribution in [-0.4, -0.2) is 73.4 Å². The van der Waals surface area contributed by atoms with E-state index in [4.69, 9.17) is 9.05 Å². The molecule has 0 aromatic rings. The molecule has 382 valence electrons. The van der Waals surface area contributed by atoms with E-state index in [9.17, 15) is 19.4 Å². The van der Waals surface area contributed by atoms with E-state index in [1.54, 1.807) is 6.08 Å². The average molecular weight is 936 g/mol. The van der Waals surface area contributed by atoms with Crippen LogP contribution in [-0.2, 0) is 18.4 Å². The number of phosphoric acid groups is 1. The van der Waals surface area contributed by atoms with E-state index in [1.807, 2.05) is 27.2 Å². The Balaban J connectivity index is 4.27. The molecule has 0 fully saturated rings. The number of hydrogen-bond donors (Lipinski definition) is 3. The number of carbonyl (C=O) groups is 1. The molecular formula is C56H108N2O6P+. The Morgan fingerprint density at radius 1 is 0.523 bits per heavy atom. The summed E-state index contributed by atoms with van der Waals surface area (Å²) in [6.45, 7) is 4.78. The number of carbonyl (C=O) groups excluding carboxylic acids is 1. The van der Waals surface area contributed by atoms with Crippen molar-refractivity contribution in [1.29, 1.82) is 0 Å². The van der Waals surface area contributed by atoms with Gasteiger partial charge in [-0.25, -0.2) is 4.57 Å². The third-order valence-corrected chi connectivity index (χ3v) is 13.3. The zero-order valence-corrected chi connectivity index (χ0v) is 44.4. The highest BCUT2D eigenvalue weighted by atomic mass is 31.2. The number of rotatable bonds is 50. The van der Waals surface area contributed by atoms with Crippen molar-refractivity contribution in [3.8, 4) is 0 Å². The zero-order valence-electron chi connectivity index (χ0n) is 43.5. The molecule has 1 amide bonds. The van der Waals surface area contributed by atoms with Crippen molar-refractivity contribution in [2.24, 2.45) is 0 Å². The van der Waals surface area contributed by atoms with Gasteiger partial charge in [0.1, 0.15) is 13.2 Å². The van der Waals surface area contributed by atoms with E-state index in [1.165, 1.54) is 167 Å². The lowest BCUT2D eigenvalue weighted by Gasteiger charge is -2.25. The molecule has 0 spiro atoms. The number of aliphatic hydroxyl groups excluding tert-OH is 1. The van der Waals surface area contributed by atoms with Gasteiger partial charge in [-0.05, 0) is 64.2 Å². The van der Waals surface area contributed by atoms with Gasteiger partial charge in [0.15, 0.2) is 0 Å². The summed E-state index contributed by atoms with van der Waals surface area (Å²) in [4.78, 5) is 23.2. The van der Waals surface area contributed by atoms with Gasteiger partial charge in [-0.2, -0.15) is 0 Å². The largest absolute Gasteiger partial charge is 0.472 e. The number of quaternary nitrogens is 1. The maximum absolute atomic E-state index is 12.9. The van der Waals surface area contributed by atoms with Gasteiger partial charge in [-0.1, -0.05) is 229 Å². The summed E-state index contributed by atoms with van der Waals surface area (Å²) in [5, 5.41) is 13.9. The van der Waals surface area contributed by atoms with Crippen LogP contribution in [0.15, 0.2) is 48.6 Å². The summed E-state index contributed by atoms with van der Waals surface area (Å²) in [7, 11) is 1.55. The Kier molecular flexibility index (Phi) is 46.4. The van der Waals surface area contributed by atoms with Crippen LogP contribution in [0.5, 0.6) is 0 Å². The molecule has 3 atom stereocenters. The van der Waals surface area contributed by atoms with Crippen LogP contribution >= 0.6 is 7.82 Å². The van der Waals surface area contributed by atoms with E-state index >= 15 is 0 Å². The lowest BCUT2D eigenvalue weighted by atomic mass is 10.0. The molecule has 3 unspecified atom stereocenters. The van der Waals surface area contributed by atoms with Gasteiger partial charge < -0.3 is 19.8 Å². The second-order valence-corrected chi connectivity index (χ2v) is 21.4. The normalized spacial score (nSPS) is 14.4. The van der Waals surface area contributed by atoms with Gasteiger partial charge in [-0.15, -0.1) is 0 Å². The first kappa shape index (κ1) is 63.5. The topological polar surface area (TPSA) is 105 Å². The van der Waals surface area contributed by atoms with Crippen LogP contribution < -0.4 is 5.32 Å². The fourth-order valence-electron chi connectivity index (χ4n) is 7.91. The maximum Gasteiger partial charge on any atom is 0.472 e. The number of likely N-dealkylation sites (N-methyl/N-ethyl adjacent to an activating group) is 1. The minimum atomic E-state index is -4.36. The summed E-state index contributed by atoms with van der Waals surface area (Å²) < 4.78 is 23.6. The quantitative estimate of drug-likeness (QED) is 0.0243. The molecule has 0 aliphatic heterocycles. The first-order chi connectivity index (χ1) is 31.5. The predicted molar refractivity (Wildman–Crippen MR) is 281 cm³/mol. The summed E-state index contributed by atoms with van der Waals surface area (Å²) in [6, 6.07) is -0.872. The van der Waals surface area contributed by atoms with Crippen molar-refractivity contribution < 1.29 is 32.9 Å². The molecule has 8 nitrogen and oxygen atoms in total. The summed E-state index contributed by atoms with van der Waals surface area (Å²) in [5.41, 5.74) is 0. The Morgan fingerprint density at radius 2 is 0.892 bits per heavy atom. The molecule has 65 heavy (non-hydrogen) atoms. The minimum absolute atomic E-state index is 0.0524. The van der Waals surface area contributed by atoms with Gasteiger partial charge in [0.2, 0.25) is 5.91 Å². The molecule has 0 saturated carbocycles. The second kappa shape index (κ2) is 47.5. The SMILES string of the molecule is CCCCCC/C=C\C/C=C\CCCCCCCC(=O)NC(COP(=O)(O)OCC[N+](C)(C)C)C(O)/C=C/CC/C=C/CCCCCCCCCCCCCCCCCCCCCCC. The number of aliphatic hydroxyl groups is 1. The van der Waals surface area contributed by atoms with Crippen LogP contribution in [0, 0.1) is 0 Å². The molecule has 0 aliphatic rings. The molecule has 0 aromatic heterocycles. The second-order valence-electron chi connectivity index (χ2n) is 19.9.